The number of benzene rings is 1. The number of halogens is 2. The Morgan fingerprint density at radius 3 is 2.71 bits per heavy atom. The molecule has 0 fully saturated rings. The lowest BCUT2D eigenvalue weighted by Crippen LogP contribution is -2.18. The molecule has 0 aliphatic rings. The number of aliphatic hydroxyl groups is 1. The molecule has 0 aliphatic heterocycles. The molecule has 96 valence electrons. The minimum atomic E-state index is -0.639. The summed E-state index contributed by atoms with van der Waals surface area (Å²) in [6.07, 6.45) is 1.34. The van der Waals surface area contributed by atoms with Gasteiger partial charge in [-0.3, -0.25) is 0 Å². The maximum absolute atomic E-state index is 13.8. The van der Waals surface area contributed by atoms with Crippen LogP contribution in [0.5, 0.6) is 0 Å². The Bertz CT molecular complexity index is 401. The quantitative estimate of drug-likeness (QED) is 0.613. The summed E-state index contributed by atoms with van der Waals surface area (Å²) < 4.78 is 13.8. The van der Waals surface area contributed by atoms with Crippen LogP contribution in [0.25, 0.3) is 0 Å². The van der Waals surface area contributed by atoms with Gasteiger partial charge in [0.2, 0.25) is 0 Å². The number of hydrogen-bond donors (Lipinski definition) is 4. The van der Waals surface area contributed by atoms with Crippen LogP contribution in [0.15, 0.2) is 6.07 Å². The lowest BCUT2D eigenvalue weighted by molar-refractivity contribution is 0.282. The van der Waals surface area contributed by atoms with Gasteiger partial charge < -0.3 is 21.9 Å². The predicted octanol–water partition coefficient (Wildman–Crippen LogP) is 2.22. The fraction of sp³-hybridized carbons (Fsp3) is 0.455. The lowest BCUT2D eigenvalue weighted by atomic mass is 10.1. The molecule has 0 radical (unpaired) electrons. The van der Waals surface area contributed by atoms with Gasteiger partial charge in [0.1, 0.15) is 5.02 Å². The average Bonchev–Trinajstić information content (AvgIpc) is 2.29. The van der Waals surface area contributed by atoms with E-state index in [4.69, 9.17) is 28.2 Å². The van der Waals surface area contributed by atoms with E-state index >= 15 is 0 Å². The molecule has 4 nitrogen and oxygen atoms in total. The normalized spacial score (nSPS) is 12.5. The van der Waals surface area contributed by atoms with Gasteiger partial charge in [0.05, 0.1) is 17.1 Å². The van der Waals surface area contributed by atoms with Gasteiger partial charge in [-0.25, -0.2) is 4.39 Å². The molecule has 1 rings (SSSR count). The topological polar surface area (TPSA) is 84.3 Å². The summed E-state index contributed by atoms with van der Waals surface area (Å²) in [6, 6.07) is 1.41. The molecule has 1 unspecified atom stereocenters. The van der Waals surface area contributed by atoms with Crippen molar-refractivity contribution in [2.75, 3.05) is 23.4 Å². The highest BCUT2D eigenvalue weighted by Gasteiger charge is 2.15. The molecule has 1 aromatic rings. The molecular weight excluding hydrogens is 245 g/mol. The van der Waals surface area contributed by atoms with E-state index in [1.165, 1.54) is 6.07 Å². The van der Waals surface area contributed by atoms with Crippen LogP contribution in [0.4, 0.5) is 21.5 Å². The Balaban J connectivity index is 2.87. The minimum Gasteiger partial charge on any atom is -0.397 e. The van der Waals surface area contributed by atoms with Gasteiger partial charge in [0.15, 0.2) is 5.82 Å². The van der Waals surface area contributed by atoms with Crippen LogP contribution in [0.2, 0.25) is 5.02 Å². The van der Waals surface area contributed by atoms with Crippen LogP contribution >= 0.6 is 11.6 Å². The van der Waals surface area contributed by atoms with Crippen LogP contribution < -0.4 is 16.8 Å². The van der Waals surface area contributed by atoms with E-state index < -0.39 is 5.82 Å². The Morgan fingerprint density at radius 2 is 2.12 bits per heavy atom. The summed E-state index contributed by atoms with van der Waals surface area (Å²) in [5.74, 6) is -0.639. The van der Waals surface area contributed by atoms with Crippen LogP contribution in [0.3, 0.4) is 0 Å². The SMILES string of the molecule is CC(CCCO)Nc1c(N)cc(N)c(Cl)c1F. The first-order valence-electron chi connectivity index (χ1n) is 5.37. The molecule has 0 aromatic heterocycles. The summed E-state index contributed by atoms with van der Waals surface area (Å²) >= 11 is 5.71. The summed E-state index contributed by atoms with van der Waals surface area (Å²) in [6.45, 7) is 1.98. The third-order valence-electron chi connectivity index (χ3n) is 2.45. The fourth-order valence-corrected chi connectivity index (χ4v) is 1.68. The molecule has 0 amide bonds. The van der Waals surface area contributed by atoms with Crippen molar-refractivity contribution >= 4 is 28.7 Å². The Morgan fingerprint density at radius 1 is 1.47 bits per heavy atom. The largest absolute Gasteiger partial charge is 0.397 e. The molecule has 17 heavy (non-hydrogen) atoms. The van der Waals surface area contributed by atoms with E-state index in [1.807, 2.05) is 6.92 Å². The van der Waals surface area contributed by atoms with Crippen molar-refractivity contribution in [1.29, 1.82) is 0 Å². The predicted molar refractivity (Wildman–Crippen MR) is 69.6 cm³/mol. The van der Waals surface area contributed by atoms with Gasteiger partial charge >= 0.3 is 0 Å². The number of rotatable bonds is 5. The van der Waals surface area contributed by atoms with Gasteiger partial charge in [-0.05, 0) is 25.8 Å². The van der Waals surface area contributed by atoms with Crippen molar-refractivity contribution in [2.45, 2.75) is 25.8 Å². The standard InChI is InChI=1S/C11H17ClFN3O/c1-6(3-2-4-17)16-11-8(15)5-7(14)9(12)10(11)13/h5-6,16-17H,2-4,14-15H2,1H3. The van der Waals surface area contributed by atoms with Crippen molar-refractivity contribution in [1.82, 2.24) is 0 Å². The molecule has 6 heteroatoms. The highest BCUT2D eigenvalue weighted by molar-refractivity contribution is 6.33. The molecule has 0 heterocycles. The van der Waals surface area contributed by atoms with Crippen LogP contribution in [-0.2, 0) is 0 Å². The van der Waals surface area contributed by atoms with Crippen molar-refractivity contribution in [3.63, 3.8) is 0 Å². The second-order valence-electron chi connectivity index (χ2n) is 3.97. The average molecular weight is 262 g/mol. The van der Waals surface area contributed by atoms with Gasteiger partial charge in [0, 0.05) is 12.6 Å². The van der Waals surface area contributed by atoms with E-state index in [-0.39, 0.29) is 34.7 Å². The summed E-state index contributed by atoms with van der Waals surface area (Å²) in [5, 5.41) is 11.5. The van der Waals surface area contributed by atoms with E-state index in [0.717, 1.165) is 0 Å². The summed E-state index contributed by atoms with van der Waals surface area (Å²) in [4.78, 5) is 0. The van der Waals surface area contributed by atoms with Crippen molar-refractivity contribution in [3.05, 3.63) is 16.9 Å². The maximum Gasteiger partial charge on any atom is 0.169 e. The first-order valence-corrected chi connectivity index (χ1v) is 5.75. The Labute approximate surface area is 105 Å². The highest BCUT2D eigenvalue weighted by atomic mass is 35.5. The number of nitrogens with two attached hydrogens (primary N) is 2. The minimum absolute atomic E-state index is 0.0151. The van der Waals surface area contributed by atoms with Crippen LogP contribution in [0, 0.1) is 5.82 Å². The first kappa shape index (κ1) is 13.9. The van der Waals surface area contributed by atoms with Crippen molar-refractivity contribution in [2.24, 2.45) is 0 Å². The Kier molecular flexibility index (Phi) is 4.84. The number of anilines is 3. The van der Waals surface area contributed by atoms with E-state index in [2.05, 4.69) is 5.32 Å². The summed E-state index contributed by atoms with van der Waals surface area (Å²) in [5.41, 5.74) is 11.7. The second kappa shape index (κ2) is 5.93. The lowest BCUT2D eigenvalue weighted by Gasteiger charge is -2.18. The zero-order chi connectivity index (χ0) is 13.0. The van der Waals surface area contributed by atoms with Gasteiger partial charge in [-0.1, -0.05) is 11.6 Å². The monoisotopic (exact) mass is 261 g/mol. The van der Waals surface area contributed by atoms with E-state index in [1.54, 1.807) is 0 Å². The van der Waals surface area contributed by atoms with Gasteiger partial charge in [-0.2, -0.15) is 0 Å². The first-order chi connectivity index (χ1) is 7.97. The summed E-state index contributed by atoms with van der Waals surface area (Å²) in [7, 11) is 0. The second-order valence-corrected chi connectivity index (χ2v) is 4.35. The van der Waals surface area contributed by atoms with Crippen molar-refractivity contribution < 1.29 is 9.50 Å². The Hall–Kier alpha value is -1.20. The van der Waals surface area contributed by atoms with Crippen LogP contribution in [-0.4, -0.2) is 17.8 Å². The smallest absolute Gasteiger partial charge is 0.169 e. The fourth-order valence-electron chi connectivity index (χ4n) is 1.53. The molecule has 0 bridgehead atoms. The molecule has 0 aliphatic carbocycles. The molecule has 0 spiro atoms. The third-order valence-corrected chi connectivity index (χ3v) is 2.84. The molecule has 6 N–H and O–H groups in total. The highest BCUT2D eigenvalue weighted by Crippen LogP contribution is 2.34. The third kappa shape index (κ3) is 3.38. The molecule has 1 aromatic carbocycles. The van der Waals surface area contributed by atoms with Gasteiger partial charge in [-0.15, -0.1) is 0 Å². The maximum atomic E-state index is 13.8. The van der Waals surface area contributed by atoms with E-state index in [9.17, 15) is 4.39 Å². The molecule has 0 saturated carbocycles. The van der Waals surface area contributed by atoms with Crippen LogP contribution in [0.1, 0.15) is 19.8 Å². The van der Waals surface area contributed by atoms with E-state index in [0.29, 0.717) is 12.8 Å². The number of nitrogens with one attached hydrogen (secondary N) is 1. The number of aliphatic hydroxyl groups excluding tert-OH is 1. The number of hydrogen-bond acceptors (Lipinski definition) is 4. The molecule has 0 saturated heterocycles. The molecule has 1 atom stereocenters. The molecular formula is C11H17ClFN3O. The number of nitrogen functional groups attached to an aromatic ring is 2. The van der Waals surface area contributed by atoms with Gasteiger partial charge in [0.25, 0.3) is 0 Å². The zero-order valence-corrected chi connectivity index (χ0v) is 10.4. The zero-order valence-electron chi connectivity index (χ0n) is 9.63. The van der Waals surface area contributed by atoms with Crippen molar-refractivity contribution in [3.8, 4) is 0 Å².